The summed E-state index contributed by atoms with van der Waals surface area (Å²) in [7, 11) is -1.25. The van der Waals surface area contributed by atoms with Gasteiger partial charge in [0.15, 0.2) is 5.65 Å². The average Bonchev–Trinajstić information content (AvgIpc) is 3.74. The molecule has 1 fully saturated rings. The summed E-state index contributed by atoms with van der Waals surface area (Å²) in [6, 6.07) is 6.42. The Balaban J connectivity index is 1.37. The SMILES string of the molecule is CC(C)(C)OC(=O)Nc1cc(OC(F)(F)F)ccc1C(=O)N1CC=C(c2nn(COCC[Si](C)(C)C)c3ncc(C4CC4)cc23)CC1. The van der Waals surface area contributed by atoms with Crippen molar-refractivity contribution >= 4 is 42.4 Å². The van der Waals surface area contributed by atoms with E-state index in [-0.39, 0.29) is 24.5 Å². The maximum atomic E-state index is 13.7. The molecule has 1 aromatic carbocycles. The summed E-state index contributed by atoms with van der Waals surface area (Å²) in [5.74, 6) is -0.526. The van der Waals surface area contributed by atoms with Crippen LogP contribution in [0.3, 0.4) is 0 Å². The van der Waals surface area contributed by atoms with Crippen molar-refractivity contribution in [2.75, 3.05) is 25.0 Å². The molecule has 3 heterocycles. The van der Waals surface area contributed by atoms with E-state index in [1.807, 2.05) is 12.3 Å². The van der Waals surface area contributed by atoms with Gasteiger partial charge < -0.3 is 19.1 Å². The van der Waals surface area contributed by atoms with E-state index < -0.39 is 37.8 Å². The summed E-state index contributed by atoms with van der Waals surface area (Å²) in [6.07, 6.45) is 0.775. The normalized spacial score (nSPS) is 15.9. The van der Waals surface area contributed by atoms with Gasteiger partial charge in [-0.3, -0.25) is 10.1 Å². The van der Waals surface area contributed by atoms with Crippen LogP contribution in [0, 0.1) is 0 Å². The fourth-order valence-corrected chi connectivity index (χ4v) is 5.99. The van der Waals surface area contributed by atoms with Gasteiger partial charge in [-0.15, -0.1) is 13.2 Å². The maximum Gasteiger partial charge on any atom is 0.573 e. The van der Waals surface area contributed by atoms with Gasteiger partial charge >= 0.3 is 12.5 Å². The van der Waals surface area contributed by atoms with E-state index >= 15 is 0 Å². The lowest BCUT2D eigenvalue weighted by atomic mass is 10.0. The van der Waals surface area contributed by atoms with Crippen molar-refractivity contribution < 1.29 is 37.0 Å². The number of amides is 2. The van der Waals surface area contributed by atoms with Crippen molar-refractivity contribution in [3.63, 3.8) is 0 Å². The molecule has 0 saturated heterocycles. The summed E-state index contributed by atoms with van der Waals surface area (Å²) in [6.45, 7) is 13.4. The fourth-order valence-electron chi connectivity index (χ4n) is 5.24. The van der Waals surface area contributed by atoms with Crippen molar-refractivity contribution in [3.8, 4) is 5.75 Å². The smallest absolute Gasteiger partial charge is 0.444 e. The highest BCUT2D eigenvalue weighted by molar-refractivity contribution is 6.76. The number of aromatic nitrogens is 3. The minimum Gasteiger partial charge on any atom is -0.444 e. The van der Waals surface area contributed by atoms with Crippen LogP contribution in [0.5, 0.6) is 5.75 Å². The first kappa shape index (κ1) is 34.4. The van der Waals surface area contributed by atoms with Gasteiger partial charge in [-0.25, -0.2) is 14.5 Å². The van der Waals surface area contributed by atoms with Crippen LogP contribution in [-0.2, 0) is 16.2 Å². The Hall–Kier alpha value is -3.91. The molecule has 3 aromatic rings. The van der Waals surface area contributed by atoms with Crippen LogP contribution < -0.4 is 10.1 Å². The van der Waals surface area contributed by atoms with Gasteiger partial charge in [-0.05, 0) is 81.3 Å². The van der Waals surface area contributed by atoms with Crippen LogP contribution in [0.25, 0.3) is 16.6 Å². The highest BCUT2D eigenvalue weighted by atomic mass is 28.3. The second-order valence-corrected chi connectivity index (χ2v) is 19.8. The minimum absolute atomic E-state index is 0.00528. The average molecular weight is 674 g/mol. The molecular formula is C33H42F3N5O5Si. The zero-order valence-corrected chi connectivity index (χ0v) is 28.7. The van der Waals surface area contributed by atoms with E-state index in [1.165, 1.54) is 11.6 Å². The van der Waals surface area contributed by atoms with Crippen LogP contribution in [0.4, 0.5) is 23.7 Å². The zero-order chi connectivity index (χ0) is 34.1. The monoisotopic (exact) mass is 673 g/mol. The van der Waals surface area contributed by atoms with Crippen molar-refractivity contribution in [1.82, 2.24) is 19.7 Å². The number of rotatable bonds is 10. The van der Waals surface area contributed by atoms with Gasteiger partial charge in [-0.1, -0.05) is 25.7 Å². The summed E-state index contributed by atoms with van der Waals surface area (Å²) >= 11 is 0. The lowest BCUT2D eigenvalue weighted by molar-refractivity contribution is -0.274. The minimum atomic E-state index is -4.95. The first-order valence-corrected chi connectivity index (χ1v) is 19.5. The van der Waals surface area contributed by atoms with Crippen LogP contribution in [0.15, 0.2) is 36.5 Å². The molecule has 14 heteroatoms. The second-order valence-electron chi connectivity index (χ2n) is 14.2. The highest BCUT2D eigenvalue weighted by Crippen LogP contribution is 2.41. The number of ether oxygens (including phenoxy) is 3. The molecule has 1 aliphatic heterocycles. The van der Waals surface area contributed by atoms with Gasteiger partial charge in [0.25, 0.3) is 5.91 Å². The number of alkyl halides is 3. The molecule has 47 heavy (non-hydrogen) atoms. The second kappa shape index (κ2) is 13.3. The maximum absolute atomic E-state index is 13.7. The first-order chi connectivity index (χ1) is 22.0. The van der Waals surface area contributed by atoms with Gasteiger partial charge in [0.05, 0.1) is 16.9 Å². The van der Waals surface area contributed by atoms with Gasteiger partial charge in [0.1, 0.15) is 18.1 Å². The number of hydrogen-bond donors (Lipinski definition) is 1. The molecule has 254 valence electrons. The third-order valence-corrected chi connectivity index (χ3v) is 9.46. The number of benzene rings is 1. The Morgan fingerprint density at radius 1 is 1.11 bits per heavy atom. The molecular weight excluding hydrogens is 631 g/mol. The molecule has 0 atom stereocenters. The van der Waals surface area contributed by atoms with Crippen molar-refractivity contribution in [2.24, 2.45) is 0 Å². The van der Waals surface area contributed by atoms with Gasteiger partial charge in [-0.2, -0.15) is 5.10 Å². The van der Waals surface area contributed by atoms with E-state index in [2.05, 4.69) is 35.8 Å². The van der Waals surface area contributed by atoms with Crippen LogP contribution in [0.1, 0.15) is 67.6 Å². The van der Waals surface area contributed by atoms with E-state index in [0.717, 1.165) is 53.3 Å². The topological polar surface area (TPSA) is 108 Å². The molecule has 1 N–H and O–H groups in total. The Morgan fingerprint density at radius 2 is 1.85 bits per heavy atom. The highest BCUT2D eigenvalue weighted by Gasteiger charge is 2.33. The number of fused-ring (bicyclic) bond motifs is 1. The molecule has 10 nitrogen and oxygen atoms in total. The number of halogens is 3. The third-order valence-electron chi connectivity index (χ3n) is 7.76. The molecule has 1 aliphatic carbocycles. The standard InChI is InChI=1S/C33H42F3N5O5Si/c1-32(2,3)46-31(43)38-27-18-24(45-33(34,35)36)9-10-25(27)30(42)40-13-11-22(12-14-40)28-26-17-23(21-7-8-21)19-37-29(26)41(39-28)20-44-15-16-47(4,5)6/h9-11,17-19,21H,7-8,12-16,20H2,1-6H3,(H,38,43). The Kier molecular flexibility index (Phi) is 9.74. The molecule has 2 amide bonds. The molecule has 0 spiro atoms. The summed E-state index contributed by atoms with van der Waals surface area (Å²) in [5.41, 5.74) is 2.69. The van der Waals surface area contributed by atoms with Gasteiger partial charge in [0.2, 0.25) is 0 Å². The van der Waals surface area contributed by atoms with E-state index in [0.29, 0.717) is 25.5 Å². The number of carbonyl (C=O) groups is 2. The number of hydrogen-bond acceptors (Lipinski definition) is 7. The summed E-state index contributed by atoms with van der Waals surface area (Å²) in [5, 5.41) is 8.27. The Morgan fingerprint density at radius 3 is 2.47 bits per heavy atom. The van der Waals surface area contributed by atoms with Crippen LogP contribution in [-0.4, -0.2) is 71.4 Å². The van der Waals surface area contributed by atoms with E-state index in [4.69, 9.17) is 19.6 Å². The largest absolute Gasteiger partial charge is 0.573 e. The zero-order valence-electron chi connectivity index (χ0n) is 27.7. The fraction of sp³-hybridized carbons (Fsp3) is 0.515. The number of nitrogens with one attached hydrogen (secondary N) is 1. The number of carbonyl (C=O) groups excluding carboxylic acids is 2. The third kappa shape index (κ3) is 9.34. The summed E-state index contributed by atoms with van der Waals surface area (Å²) in [4.78, 5) is 32.5. The molecule has 1 saturated carbocycles. The number of pyridine rings is 1. The van der Waals surface area contributed by atoms with Crippen LogP contribution in [0.2, 0.25) is 25.7 Å². The summed E-state index contributed by atoms with van der Waals surface area (Å²) < 4.78 is 55.9. The molecule has 0 unspecified atom stereocenters. The Labute approximate surface area is 273 Å². The van der Waals surface area contributed by atoms with Crippen molar-refractivity contribution in [1.29, 1.82) is 0 Å². The molecule has 0 bridgehead atoms. The van der Waals surface area contributed by atoms with Crippen molar-refractivity contribution in [2.45, 2.75) is 90.3 Å². The number of nitrogens with zero attached hydrogens (tertiary/aromatic N) is 4. The predicted octanol–water partition coefficient (Wildman–Crippen LogP) is 7.80. The molecule has 2 aromatic heterocycles. The van der Waals surface area contributed by atoms with Crippen molar-refractivity contribution in [3.05, 3.63) is 53.4 Å². The van der Waals surface area contributed by atoms with E-state index in [9.17, 15) is 22.8 Å². The molecule has 2 aliphatic rings. The van der Waals surface area contributed by atoms with Gasteiger partial charge in [0, 0.05) is 45.4 Å². The lowest BCUT2D eigenvalue weighted by Gasteiger charge is -2.27. The van der Waals surface area contributed by atoms with Crippen LogP contribution >= 0.6 is 0 Å². The molecule has 0 radical (unpaired) electrons. The number of anilines is 1. The lowest BCUT2D eigenvalue weighted by Crippen LogP contribution is -2.35. The predicted molar refractivity (Wildman–Crippen MR) is 175 cm³/mol. The first-order valence-electron chi connectivity index (χ1n) is 15.8. The molecule has 5 rings (SSSR count). The quantitative estimate of drug-likeness (QED) is 0.173. The van der Waals surface area contributed by atoms with E-state index in [1.54, 1.807) is 30.4 Å². The Bertz CT molecular complexity index is 1670.